The Bertz CT molecular complexity index is 211. The first kappa shape index (κ1) is 7.26. The van der Waals surface area contributed by atoms with Gasteiger partial charge in [0.05, 0.1) is 13.2 Å². The third-order valence-electron chi connectivity index (χ3n) is 3.40. The number of ether oxygens (including phenoxy) is 2. The Labute approximate surface area is 71.4 Å². The van der Waals surface area contributed by atoms with E-state index in [-0.39, 0.29) is 11.8 Å². The zero-order chi connectivity index (χ0) is 8.18. The van der Waals surface area contributed by atoms with Crippen molar-refractivity contribution in [1.29, 1.82) is 0 Å². The maximum Gasteiger partial charge on any atom is 0.152 e. The highest BCUT2D eigenvalue weighted by Crippen LogP contribution is 2.46. The number of nitrogens with two attached hydrogens (primary N) is 1. The van der Waals surface area contributed by atoms with Crippen LogP contribution < -0.4 is 11.1 Å². The Morgan fingerprint density at radius 1 is 1.50 bits per heavy atom. The highest BCUT2D eigenvalue weighted by atomic mass is 16.6. The van der Waals surface area contributed by atoms with Gasteiger partial charge in [0.25, 0.3) is 0 Å². The Morgan fingerprint density at radius 3 is 3.08 bits per heavy atom. The van der Waals surface area contributed by atoms with Gasteiger partial charge < -0.3 is 15.2 Å². The first-order chi connectivity index (χ1) is 5.87. The molecule has 0 aliphatic carbocycles. The standard InChI is InChI=1S/C8H14N2O2/c9-1-5-3-12-8-6(2-10-8)4-11-7(5)8/h5-7,10H,1-4,9H2/t5?,6?,7-,8-/m1/s1. The van der Waals surface area contributed by atoms with E-state index in [1.54, 1.807) is 0 Å². The lowest BCUT2D eigenvalue weighted by molar-refractivity contribution is -0.116. The molecule has 4 atom stereocenters. The van der Waals surface area contributed by atoms with Crippen LogP contribution in [0.2, 0.25) is 0 Å². The number of nitrogens with one attached hydrogen (secondary N) is 1. The molecule has 0 amide bonds. The Morgan fingerprint density at radius 2 is 2.42 bits per heavy atom. The van der Waals surface area contributed by atoms with Crippen molar-refractivity contribution in [3.05, 3.63) is 0 Å². The van der Waals surface area contributed by atoms with Gasteiger partial charge in [0.2, 0.25) is 0 Å². The molecule has 3 aliphatic rings. The third-order valence-corrected chi connectivity index (χ3v) is 3.40. The summed E-state index contributed by atoms with van der Waals surface area (Å²) in [6.07, 6.45) is 0.209. The zero-order valence-electron chi connectivity index (χ0n) is 6.95. The van der Waals surface area contributed by atoms with E-state index in [0.717, 1.165) is 19.8 Å². The van der Waals surface area contributed by atoms with Crippen molar-refractivity contribution in [3.63, 3.8) is 0 Å². The van der Waals surface area contributed by atoms with Crippen molar-refractivity contribution in [1.82, 2.24) is 5.32 Å². The van der Waals surface area contributed by atoms with Gasteiger partial charge in [0.1, 0.15) is 6.10 Å². The molecule has 3 N–H and O–H groups in total. The second kappa shape index (κ2) is 2.20. The number of rotatable bonds is 1. The minimum Gasteiger partial charge on any atom is -0.373 e. The van der Waals surface area contributed by atoms with Crippen molar-refractivity contribution in [2.75, 3.05) is 26.3 Å². The molecule has 0 aromatic rings. The van der Waals surface area contributed by atoms with Gasteiger partial charge in [-0.25, -0.2) is 0 Å². The summed E-state index contributed by atoms with van der Waals surface area (Å²) in [6, 6.07) is 0. The molecule has 1 spiro atoms. The molecule has 0 saturated carbocycles. The average Bonchev–Trinajstić information content (AvgIpc) is 2.52. The van der Waals surface area contributed by atoms with Crippen molar-refractivity contribution in [2.24, 2.45) is 17.6 Å². The van der Waals surface area contributed by atoms with Crippen LogP contribution in [0.1, 0.15) is 0 Å². The number of hydrogen-bond donors (Lipinski definition) is 2. The molecule has 4 nitrogen and oxygen atoms in total. The zero-order valence-corrected chi connectivity index (χ0v) is 6.95. The fraction of sp³-hybridized carbons (Fsp3) is 1.00. The maximum absolute atomic E-state index is 5.75. The predicted octanol–water partition coefficient (Wildman–Crippen LogP) is -1.09. The van der Waals surface area contributed by atoms with Crippen LogP contribution in [0.4, 0.5) is 0 Å². The molecule has 0 radical (unpaired) electrons. The van der Waals surface area contributed by atoms with E-state index in [1.807, 2.05) is 0 Å². The SMILES string of the molecule is NCC1CO[C@]23NCC2CO[C@H]13. The Balaban J connectivity index is 1.87. The first-order valence-corrected chi connectivity index (χ1v) is 4.57. The van der Waals surface area contributed by atoms with Crippen LogP contribution in [0.5, 0.6) is 0 Å². The summed E-state index contributed by atoms with van der Waals surface area (Å²) in [5.41, 5.74) is 5.50. The summed E-state index contributed by atoms with van der Waals surface area (Å²) in [4.78, 5) is 0. The van der Waals surface area contributed by atoms with E-state index in [0.29, 0.717) is 18.4 Å². The monoisotopic (exact) mass is 170 g/mol. The van der Waals surface area contributed by atoms with Gasteiger partial charge >= 0.3 is 0 Å². The van der Waals surface area contributed by atoms with Crippen LogP contribution in [0.15, 0.2) is 0 Å². The lowest BCUT2D eigenvalue weighted by Crippen LogP contribution is -2.67. The van der Waals surface area contributed by atoms with Crippen LogP contribution in [0, 0.1) is 11.8 Å². The molecule has 0 bridgehead atoms. The van der Waals surface area contributed by atoms with E-state index in [1.165, 1.54) is 0 Å². The minimum atomic E-state index is -0.135. The normalized spacial score (nSPS) is 56.2. The maximum atomic E-state index is 5.75. The second-order valence-corrected chi connectivity index (χ2v) is 3.93. The molecule has 68 valence electrons. The van der Waals surface area contributed by atoms with E-state index in [9.17, 15) is 0 Å². The fourth-order valence-corrected chi connectivity index (χ4v) is 2.57. The van der Waals surface area contributed by atoms with Crippen molar-refractivity contribution < 1.29 is 9.47 Å². The summed E-state index contributed by atoms with van der Waals surface area (Å²) in [5.74, 6) is 0.960. The van der Waals surface area contributed by atoms with E-state index >= 15 is 0 Å². The largest absolute Gasteiger partial charge is 0.373 e. The second-order valence-electron chi connectivity index (χ2n) is 3.93. The van der Waals surface area contributed by atoms with Crippen LogP contribution in [-0.4, -0.2) is 38.1 Å². The van der Waals surface area contributed by atoms with Gasteiger partial charge in [-0.15, -0.1) is 0 Å². The van der Waals surface area contributed by atoms with Gasteiger partial charge in [-0.05, 0) is 6.54 Å². The molecule has 3 aliphatic heterocycles. The lowest BCUT2D eigenvalue weighted by atomic mass is 9.84. The molecule has 0 aromatic heterocycles. The van der Waals surface area contributed by atoms with Crippen LogP contribution in [0.3, 0.4) is 0 Å². The number of hydrogen-bond acceptors (Lipinski definition) is 4. The summed E-state index contributed by atoms with van der Waals surface area (Å²) < 4.78 is 11.4. The Hall–Kier alpha value is -0.160. The van der Waals surface area contributed by atoms with Crippen LogP contribution >= 0.6 is 0 Å². The quantitative estimate of drug-likeness (QED) is 0.525. The molecular weight excluding hydrogens is 156 g/mol. The summed E-state index contributed by atoms with van der Waals surface area (Å²) in [6.45, 7) is 3.30. The fourth-order valence-electron chi connectivity index (χ4n) is 2.57. The molecule has 3 fully saturated rings. The van der Waals surface area contributed by atoms with Crippen LogP contribution in [-0.2, 0) is 9.47 Å². The van der Waals surface area contributed by atoms with Crippen molar-refractivity contribution in [3.8, 4) is 0 Å². The molecule has 4 heteroatoms. The predicted molar refractivity (Wildman–Crippen MR) is 42.5 cm³/mol. The average molecular weight is 170 g/mol. The summed E-state index contributed by atoms with van der Waals surface area (Å²) >= 11 is 0. The van der Waals surface area contributed by atoms with Gasteiger partial charge in [-0.2, -0.15) is 0 Å². The minimum absolute atomic E-state index is 0.135. The molecule has 3 heterocycles. The molecule has 2 unspecified atom stereocenters. The lowest BCUT2D eigenvalue weighted by Gasteiger charge is -2.43. The molecule has 0 aromatic carbocycles. The van der Waals surface area contributed by atoms with E-state index in [2.05, 4.69) is 5.32 Å². The molecular formula is C8H14N2O2. The highest BCUT2D eigenvalue weighted by Gasteiger charge is 2.64. The van der Waals surface area contributed by atoms with Crippen molar-refractivity contribution >= 4 is 0 Å². The summed E-state index contributed by atoms with van der Waals surface area (Å²) in [5, 5.41) is 3.34. The first-order valence-electron chi connectivity index (χ1n) is 4.57. The Kier molecular flexibility index (Phi) is 1.33. The van der Waals surface area contributed by atoms with Gasteiger partial charge in [0, 0.05) is 18.4 Å². The third kappa shape index (κ3) is 0.633. The molecule has 3 rings (SSSR count). The van der Waals surface area contributed by atoms with Gasteiger partial charge in [-0.3, -0.25) is 5.32 Å². The van der Waals surface area contributed by atoms with Crippen molar-refractivity contribution in [2.45, 2.75) is 11.8 Å². The van der Waals surface area contributed by atoms with Gasteiger partial charge in [0.15, 0.2) is 5.72 Å². The smallest absolute Gasteiger partial charge is 0.152 e. The topological polar surface area (TPSA) is 56.5 Å². The van der Waals surface area contributed by atoms with E-state index < -0.39 is 0 Å². The van der Waals surface area contributed by atoms with Crippen LogP contribution in [0.25, 0.3) is 0 Å². The van der Waals surface area contributed by atoms with E-state index in [4.69, 9.17) is 15.2 Å². The molecule has 3 saturated heterocycles. The summed E-state index contributed by atoms with van der Waals surface area (Å²) in [7, 11) is 0. The molecule has 12 heavy (non-hydrogen) atoms. The van der Waals surface area contributed by atoms with Gasteiger partial charge in [-0.1, -0.05) is 0 Å². The highest BCUT2D eigenvalue weighted by molar-refractivity contribution is 5.11.